The fourth-order valence-electron chi connectivity index (χ4n) is 1.58. The maximum atomic E-state index is 13.4. The largest absolute Gasteiger partial charge is 0.453 e. The van der Waals surface area contributed by atoms with Crippen molar-refractivity contribution in [3.05, 3.63) is 58.0 Å². The Morgan fingerprint density at radius 1 is 1.18 bits per heavy atom. The van der Waals surface area contributed by atoms with E-state index in [-0.39, 0.29) is 12.0 Å². The highest BCUT2D eigenvalue weighted by atomic mass is 79.9. The van der Waals surface area contributed by atoms with Gasteiger partial charge in [-0.3, -0.25) is 0 Å². The molecular weight excluding hydrogens is 292 g/mol. The second kappa shape index (κ2) is 4.98. The molecule has 2 N–H and O–H groups in total. The minimum absolute atomic E-state index is 0.0208. The molecule has 0 saturated carbocycles. The van der Waals surface area contributed by atoms with E-state index >= 15 is 0 Å². The predicted octanol–water partition coefficient (Wildman–Crippen LogP) is 3.56. The summed E-state index contributed by atoms with van der Waals surface area (Å²) >= 11 is 3.14. The summed E-state index contributed by atoms with van der Waals surface area (Å²) in [5, 5.41) is 0. The number of furan rings is 1. The van der Waals surface area contributed by atoms with Crippen molar-refractivity contribution in [1.29, 1.82) is 0 Å². The van der Waals surface area contributed by atoms with Gasteiger partial charge in [-0.2, -0.15) is 0 Å². The Morgan fingerprint density at radius 2 is 1.82 bits per heavy atom. The molecule has 0 aliphatic heterocycles. The van der Waals surface area contributed by atoms with E-state index in [2.05, 4.69) is 15.9 Å². The van der Waals surface area contributed by atoms with Gasteiger partial charge < -0.3 is 10.2 Å². The molecule has 90 valence electrons. The molecule has 1 unspecified atom stereocenters. The number of rotatable bonds is 3. The topological polar surface area (TPSA) is 39.2 Å². The van der Waals surface area contributed by atoms with Crippen LogP contribution in [-0.4, -0.2) is 0 Å². The first-order chi connectivity index (χ1) is 8.08. The van der Waals surface area contributed by atoms with E-state index in [0.717, 1.165) is 0 Å². The van der Waals surface area contributed by atoms with E-state index in [4.69, 9.17) is 10.2 Å². The third-order valence-corrected chi connectivity index (χ3v) is 2.87. The lowest BCUT2D eigenvalue weighted by Crippen LogP contribution is -2.14. The van der Waals surface area contributed by atoms with Crippen molar-refractivity contribution >= 4 is 15.9 Å². The van der Waals surface area contributed by atoms with Gasteiger partial charge in [0.1, 0.15) is 17.4 Å². The van der Waals surface area contributed by atoms with Gasteiger partial charge in [-0.25, -0.2) is 8.78 Å². The third-order valence-electron chi connectivity index (χ3n) is 2.45. The molecule has 0 amide bonds. The van der Waals surface area contributed by atoms with E-state index in [1.54, 1.807) is 12.1 Å². The molecule has 0 saturated heterocycles. The second-order valence-electron chi connectivity index (χ2n) is 3.65. The lowest BCUT2D eigenvalue weighted by molar-refractivity contribution is 0.439. The van der Waals surface area contributed by atoms with Crippen LogP contribution in [-0.2, 0) is 6.42 Å². The lowest BCUT2D eigenvalue weighted by atomic mass is 10.0. The number of nitrogens with two attached hydrogens (primary N) is 1. The Bertz CT molecular complexity index is 507. The highest BCUT2D eigenvalue weighted by molar-refractivity contribution is 9.10. The van der Waals surface area contributed by atoms with Crippen LogP contribution in [0.25, 0.3) is 0 Å². The van der Waals surface area contributed by atoms with Gasteiger partial charge in [0, 0.05) is 12.0 Å². The van der Waals surface area contributed by atoms with E-state index in [0.29, 0.717) is 10.4 Å². The summed E-state index contributed by atoms with van der Waals surface area (Å²) in [5.74, 6) is -0.698. The smallest absolute Gasteiger partial charge is 0.169 e. The molecule has 2 nitrogen and oxygen atoms in total. The molecule has 0 fully saturated rings. The molecule has 1 heterocycles. The Kier molecular flexibility index (Phi) is 3.59. The van der Waals surface area contributed by atoms with Gasteiger partial charge in [-0.15, -0.1) is 0 Å². The van der Waals surface area contributed by atoms with Crippen molar-refractivity contribution in [2.24, 2.45) is 5.73 Å². The van der Waals surface area contributed by atoms with Crippen LogP contribution in [0.2, 0.25) is 0 Å². The van der Waals surface area contributed by atoms with Crippen LogP contribution in [0.1, 0.15) is 17.4 Å². The van der Waals surface area contributed by atoms with Crippen molar-refractivity contribution < 1.29 is 13.2 Å². The Hall–Kier alpha value is -1.20. The monoisotopic (exact) mass is 301 g/mol. The normalized spacial score (nSPS) is 12.7. The summed E-state index contributed by atoms with van der Waals surface area (Å²) in [6, 6.07) is 6.53. The van der Waals surface area contributed by atoms with Gasteiger partial charge >= 0.3 is 0 Å². The van der Waals surface area contributed by atoms with E-state index < -0.39 is 17.7 Å². The highest BCUT2D eigenvalue weighted by Crippen LogP contribution is 2.23. The van der Waals surface area contributed by atoms with Crippen molar-refractivity contribution in [2.75, 3.05) is 0 Å². The van der Waals surface area contributed by atoms with Crippen LogP contribution in [0.15, 0.2) is 39.4 Å². The number of halogens is 3. The molecule has 0 spiro atoms. The van der Waals surface area contributed by atoms with Crippen LogP contribution in [0, 0.1) is 11.6 Å². The third kappa shape index (κ3) is 2.73. The maximum Gasteiger partial charge on any atom is 0.169 e. The molecule has 2 aromatic rings. The Morgan fingerprint density at radius 3 is 2.35 bits per heavy atom. The average molecular weight is 302 g/mol. The van der Waals surface area contributed by atoms with Crippen molar-refractivity contribution in [3.63, 3.8) is 0 Å². The first-order valence-corrected chi connectivity index (χ1v) is 5.81. The summed E-state index contributed by atoms with van der Waals surface area (Å²) in [5.41, 5.74) is 5.81. The SMILES string of the molecule is NC(Cc1c(F)cccc1F)c1ccc(Br)o1. The summed E-state index contributed by atoms with van der Waals surface area (Å²) in [6.45, 7) is 0. The fourth-order valence-corrected chi connectivity index (χ4v) is 1.89. The summed E-state index contributed by atoms with van der Waals surface area (Å²) < 4.78 is 32.6. The maximum absolute atomic E-state index is 13.4. The average Bonchev–Trinajstić information content (AvgIpc) is 2.70. The molecule has 2 rings (SSSR count). The summed E-state index contributed by atoms with van der Waals surface area (Å²) in [4.78, 5) is 0. The van der Waals surface area contributed by atoms with Gasteiger partial charge in [0.05, 0.1) is 6.04 Å². The van der Waals surface area contributed by atoms with E-state index in [1.165, 1.54) is 18.2 Å². The number of hydrogen-bond acceptors (Lipinski definition) is 2. The molecule has 0 radical (unpaired) electrons. The zero-order valence-electron chi connectivity index (χ0n) is 8.79. The zero-order valence-corrected chi connectivity index (χ0v) is 10.4. The molecule has 1 atom stereocenters. The van der Waals surface area contributed by atoms with Crippen LogP contribution < -0.4 is 5.73 Å². The van der Waals surface area contributed by atoms with Gasteiger partial charge in [0.2, 0.25) is 0 Å². The van der Waals surface area contributed by atoms with Gasteiger partial charge in [0.25, 0.3) is 0 Å². The van der Waals surface area contributed by atoms with Gasteiger partial charge in [-0.1, -0.05) is 6.07 Å². The molecule has 0 aliphatic carbocycles. The van der Waals surface area contributed by atoms with Crippen molar-refractivity contribution in [2.45, 2.75) is 12.5 Å². The molecule has 0 aliphatic rings. The summed E-state index contributed by atoms with van der Waals surface area (Å²) in [7, 11) is 0. The molecule has 5 heteroatoms. The van der Waals surface area contributed by atoms with Crippen LogP contribution >= 0.6 is 15.9 Å². The van der Waals surface area contributed by atoms with Crippen molar-refractivity contribution in [3.8, 4) is 0 Å². The summed E-state index contributed by atoms with van der Waals surface area (Å²) in [6.07, 6.45) is 0.0540. The fraction of sp³-hybridized carbons (Fsp3) is 0.167. The lowest BCUT2D eigenvalue weighted by Gasteiger charge is -2.10. The minimum Gasteiger partial charge on any atom is -0.453 e. The Balaban J connectivity index is 2.21. The standard InChI is InChI=1S/C12H10BrF2NO/c13-12-5-4-11(17-12)10(16)6-7-8(14)2-1-3-9(7)15/h1-5,10H,6,16H2. The first-order valence-electron chi connectivity index (χ1n) is 5.01. The quantitative estimate of drug-likeness (QED) is 0.941. The van der Waals surface area contributed by atoms with E-state index in [1.807, 2.05) is 0 Å². The predicted molar refractivity (Wildman–Crippen MR) is 63.4 cm³/mol. The van der Waals surface area contributed by atoms with Gasteiger partial charge in [-0.05, 0) is 40.2 Å². The molecule has 0 bridgehead atoms. The Labute approximate surface area is 106 Å². The van der Waals surface area contributed by atoms with Crippen LogP contribution in [0.5, 0.6) is 0 Å². The second-order valence-corrected chi connectivity index (χ2v) is 4.43. The molecular formula is C12H10BrF2NO. The minimum atomic E-state index is -0.592. The molecule has 1 aromatic carbocycles. The first kappa shape index (κ1) is 12.3. The highest BCUT2D eigenvalue weighted by Gasteiger charge is 2.16. The van der Waals surface area contributed by atoms with Crippen LogP contribution in [0.4, 0.5) is 8.78 Å². The van der Waals surface area contributed by atoms with Crippen LogP contribution in [0.3, 0.4) is 0 Å². The molecule has 17 heavy (non-hydrogen) atoms. The van der Waals surface area contributed by atoms with Gasteiger partial charge in [0.15, 0.2) is 4.67 Å². The van der Waals surface area contributed by atoms with Crippen molar-refractivity contribution in [1.82, 2.24) is 0 Å². The van der Waals surface area contributed by atoms with E-state index in [9.17, 15) is 8.78 Å². The molecule has 1 aromatic heterocycles. The zero-order chi connectivity index (χ0) is 12.4. The number of hydrogen-bond donors (Lipinski definition) is 1. The number of benzene rings is 1.